The molecule has 1 unspecified atom stereocenters. The second-order valence-electron chi connectivity index (χ2n) is 4.53. The molecule has 0 saturated carbocycles. The standard InChI is InChI=1S/C13H15N3O2/c1-18-9-2-3-11-10(6-9)12(16-13(17)15-11)8-4-5-14-7-8/h2-3,6,8,14H,4-5,7H2,1H3,(H,15,16,17). The summed E-state index contributed by atoms with van der Waals surface area (Å²) in [6.45, 7) is 1.88. The molecule has 1 aliphatic heterocycles. The summed E-state index contributed by atoms with van der Waals surface area (Å²) in [6.07, 6.45) is 1.03. The van der Waals surface area contributed by atoms with Crippen LogP contribution in [0.5, 0.6) is 5.75 Å². The molecule has 0 spiro atoms. The minimum Gasteiger partial charge on any atom is -0.497 e. The highest BCUT2D eigenvalue weighted by atomic mass is 16.5. The van der Waals surface area contributed by atoms with E-state index < -0.39 is 0 Å². The molecule has 2 heterocycles. The number of H-pyrrole nitrogens is 1. The van der Waals surface area contributed by atoms with Crippen molar-refractivity contribution in [3.63, 3.8) is 0 Å². The van der Waals surface area contributed by atoms with Gasteiger partial charge in [0, 0.05) is 23.5 Å². The van der Waals surface area contributed by atoms with E-state index in [9.17, 15) is 4.79 Å². The van der Waals surface area contributed by atoms with E-state index in [-0.39, 0.29) is 5.69 Å². The molecular formula is C13H15N3O2. The van der Waals surface area contributed by atoms with Crippen molar-refractivity contribution in [2.75, 3.05) is 20.2 Å². The second-order valence-corrected chi connectivity index (χ2v) is 4.53. The quantitative estimate of drug-likeness (QED) is 0.828. The van der Waals surface area contributed by atoms with Crippen LogP contribution in [0.4, 0.5) is 0 Å². The summed E-state index contributed by atoms with van der Waals surface area (Å²) in [5, 5.41) is 4.28. The highest BCUT2D eigenvalue weighted by Crippen LogP contribution is 2.28. The largest absolute Gasteiger partial charge is 0.497 e. The molecule has 2 N–H and O–H groups in total. The van der Waals surface area contributed by atoms with E-state index in [1.54, 1.807) is 7.11 Å². The Morgan fingerprint density at radius 1 is 1.44 bits per heavy atom. The number of fused-ring (bicyclic) bond motifs is 1. The molecule has 5 heteroatoms. The topological polar surface area (TPSA) is 67.0 Å². The zero-order valence-electron chi connectivity index (χ0n) is 10.2. The summed E-state index contributed by atoms with van der Waals surface area (Å²) >= 11 is 0. The number of rotatable bonds is 2. The molecule has 0 bridgehead atoms. The van der Waals surface area contributed by atoms with Crippen LogP contribution < -0.4 is 15.7 Å². The molecule has 1 aliphatic rings. The molecule has 18 heavy (non-hydrogen) atoms. The number of aromatic amines is 1. The fourth-order valence-electron chi connectivity index (χ4n) is 2.50. The molecule has 1 aromatic carbocycles. The van der Waals surface area contributed by atoms with Crippen LogP contribution in [0.25, 0.3) is 10.9 Å². The summed E-state index contributed by atoms with van der Waals surface area (Å²) < 4.78 is 5.23. The summed E-state index contributed by atoms with van der Waals surface area (Å²) in [5.41, 5.74) is 1.41. The molecule has 1 aromatic heterocycles. The third-order valence-electron chi connectivity index (χ3n) is 3.43. The van der Waals surface area contributed by atoms with E-state index in [1.807, 2.05) is 18.2 Å². The van der Waals surface area contributed by atoms with Crippen molar-refractivity contribution in [2.45, 2.75) is 12.3 Å². The number of nitrogens with zero attached hydrogens (tertiary/aromatic N) is 1. The molecule has 0 amide bonds. The first kappa shape index (κ1) is 11.2. The SMILES string of the molecule is COc1ccc2nc(=O)[nH]c(C3CCNC3)c2c1. The van der Waals surface area contributed by atoms with E-state index >= 15 is 0 Å². The maximum absolute atomic E-state index is 11.6. The lowest BCUT2D eigenvalue weighted by atomic mass is 10.00. The van der Waals surface area contributed by atoms with Gasteiger partial charge in [-0.1, -0.05) is 0 Å². The Morgan fingerprint density at radius 2 is 2.33 bits per heavy atom. The lowest BCUT2D eigenvalue weighted by Crippen LogP contribution is -2.17. The number of ether oxygens (including phenoxy) is 1. The highest BCUT2D eigenvalue weighted by Gasteiger charge is 2.20. The first-order valence-electron chi connectivity index (χ1n) is 6.06. The van der Waals surface area contributed by atoms with Crippen LogP contribution >= 0.6 is 0 Å². The molecule has 1 atom stereocenters. The molecule has 0 radical (unpaired) electrons. The molecule has 2 aromatic rings. The van der Waals surface area contributed by atoms with Crippen molar-refractivity contribution in [1.82, 2.24) is 15.3 Å². The van der Waals surface area contributed by atoms with Crippen molar-refractivity contribution < 1.29 is 4.74 Å². The lowest BCUT2D eigenvalue weighted by molar-refractivity contribution is 0.415. The Kier molecular flexibility index (Phi) is 2.76. The van der Waals surface area contributed by atoms with Crippen molar-refractivity contribution in [3.05, 3.63) is 34.4 Å². The van der Waals surface area contributed by atoms with E-state index in [0.717, 1.165) is 41.9 Å². The molecule has 0 aliphatic carbocycles. The van der Waals surface area contributed by atoms with Crippen molar-refractivity contribution in [1.29, 1.82) is 0 Å². The zero-order chi connectivity index (χ0) is 12.5. The van der Waals surface area contributed by atoms with Crippen molar-refractivity contribution in [2.24, 2.45) is 0 Å². The molecular weight excluding hydrogens is 230 g/mol. The van der Waals surface area contributed by atoms with Gasteiger partial charge in [-0.2, -0.15) is 4.98 Å². The molecule has 94 valence electrons. The summed E-state index contributed by atoms with van der Waals surface area (Å²) in [4.78, 5) is 18.5. The number of methoxy groups -OCH3 is 1. The number of aromatic nitrogens is 2. The van der Waals surface area contributed by atoms with Gasteiger partial charge in [-0.25, -0.2) is 4.79 Å². The third-order valence-corrected chi connectivity index (χ3v) is 3.43. The van der Waals surface area contributed by atoms with Crippen LogP contribution in [0, 0.1) is 0 Å². The maximum atomic E-state index is 11.6. The fraction of sp³-hybridized carbons (Fsp3) is 0.385. The molecule has 3 rings (SSSR count). The fourth-order valence-corrected chi connectivity index (χ4v) is 2.50. The van der Waals surface area contributed by atoms with Crippen LogP contribution in [0.15, 0.2) is 23.0 Å². The van der Waals surface area contributed by atoms with Gasteiger partial charge in [0.25, 0.3) is 0 Å². The first-order chi connectivity index (χ1) is 8.78. The van der Waals surface area contributed by atoms with Gasteiger partial charge in [0.05, 0.1) is 12.6 Å². The van der Waals surface area contributed by atoms with Crippen LogP contribution in [0.2, 0.25) is 0 Å². The van der Waals surface area contributed by atoms with Crippen molar-refractivity contribution in [3.8, 4) is 5.75 Å². The predicted molar refractivity (Wildman–Crippen MR) is 69.1 cm³/mol. The second kappa shape index (κ2) is 4.42. The van der Waals surface area contributed by atoms with E-state index in [4.69, 9.17) is 4.74 Å². The summed E-state index contributed by atoms with van der Waals surface area (Å²) in [6, 6.07) is 5.59. The van der Waals surface area contributed by atoms with Crippen LogP contribution in [-0.4, -0.2) is 30.2 Å². The average Bonchev–Trinajstić information content (AvgIpc) is 2.91. The van der Waals surface area contributed by atoms with Gasteiger partial charge in [0.15, 0.2) is 0 Å². The predicted octanol–water partition coefficient (Wildman–Crippen LogP) is 1.01. The Balaban J connectivity index is 2.23. The summed E-state index contributed by atoms with van der Waals surface area (Å²) in [5.74, 6) is 1.12. The van der Waals surface area contributed by atoms with Gasteiger partial charge in [-0.15, -0.1) is 0 Å². The van der Waals surface area contributed by atoms with Crippen LogP contribution in [0.1, 0.15) is 18.0 Å². The van der Waals surface area contributed by atoms with Crippen molar-refractivity contribution >= 4 is 10.9 Å². The van der Waals surface area contributed by atoms with E-state index in [0.29, 0.717) is 5.92 Å². The number of hydrogen-bond acceptors (Lipinski definition) is 4. The first-order valence-corrected chi connectivity index (χ1v) is 6.06. The lowest BCUT2D eigenvalue weighted by Gasteiger charge is -2.12. The molecule has 5 nitrogen and oxygen atoms in total. The summed E-state index contributed by atoms with van der Waals surface area (Å²) in [7, 11) is 1.64. The Morgan fingerprint density at radius 3 is 3.06 bits per heavy atom. The monoisotopic (exact) mass is 245 g/mol. The number of hydrogen-bond donors (Lipinski definition) is 2. The van der Waals surface area contributed by atoms with Crippen LogP contribution in [0.3, 0.4) is 0 Å². The Labute approximate surface area is 104 Å². The van der Waals surface area contributed by atoms with Gasteiger partial charge in [-0.3, -0.25) is 0 Å². The minimum atomic E-state index is -0.283. The molecule has 1 saturated heterocycles. The third kappa shape index (κ3) is 1.86. The maximum Gasteiger partial charge on any atom is 0.345 e. The zero-order valence-corrected chi connectivity index (χ0v) is 10.2. The Hall–Kier alpha value is -1.88. The molecule has 1 fully saturated rings. The highest BCUT2D eigenvalue weighted by molar-refractivity contribution is 5.82. The van der Waals surface area contributed by atoms with E-state index in [2.05, 4.69) is 15.3 Å². The van der Waals surface area contributed by atoms with Gasteiger partial charge in [0.1, 0.15) is 5.75 Å². The number of nitrogens with one attached hydrogen (secondary N) is 2. The van der Waals surface area contributed by atoms with E-state index in [1.165, 1.54) is 0 Å². The van der Waals surface area contributed by atoms with Crippen LogP contribution in [-0.2, 0) is 0 Å². The Bertz CT molecular complexity index is 630. The minimum absolute atomic E-state index is 0.283. The normalized spacial score (nSPS) is 19.3. The smallest absolute Gasteiger partial charge is 0.345 e. The van der Waals surface area contributed by atoms with Gasteiger partial charge < -0.3 is 15.0 Å². The van der Waals surface area contributed by atoms with Gasteiger partial charge in [-0.05, 0) is 31.2 Å². The van der Waals surface area contributed by atoms with Gasteiger partial charge >= 0.3 is 5.69 Å². The average molecular weight is 245 g/mol. The number of benzene rings is 1. The van der Waals surface area contributed by atoms with Gasteiger partial charge in [0.2, 0.25) is 0 Å².